The summed E-state index contributed by atoms with van der Waals surface area (Å²) < 4.78 is 10.7. The summed E-state index contributed by atoms with van der Waals surface area (Å²) in [5, 5.41) is 3.69. The molecule has 1 aromatic rings. The fraction of sp³-hybridized carbons (Fsp3) is 0.647. The van der Waals surface area contributed by atoms with E-state index in [0.717, 1.165) is 29.9 Å². The van der Waals surface area contributed by atoms with Gasteiger partial charge in [0.25, 0.3) is 0 Å². The van der Waals surface area contributed by atoms with E-state index in [1.54, 1.807) is 14.2 Å². The van der Waals surface area contributed by atoms with Crippen molar-refractivity contribution >= 4 is 0 Å². The molecule has 2 rings (SSSR count). The first-order valence-corrected chi connectivity index (χ1v) is 7.56. The molecule has 0 bridgehead atoms. The zero-order valence-electron chi connectivity index (χ0n) is 13.1. The van der Waals surface area contributed by atoms with E-state index >= 15 is 0 Å². The van der Waals surface area contributed by atoms with Gasteiger partial charge >= 0.3 is 0 Å². The van der Waals surface area contributed by atoms with Crippen molar-refractivity contribution in [2.24, 2.45) is 11.8 Å². The van der Waals surface area contributed by atoms with E-state index in [1.165, 1.54) is 24.8 Å². The van der Waals surface area contributed by atoms with Crippen LogP contribution in [0.1, 0.15) is 38.7 Å². The standard InChI is InChI=1S/C17H27NO2/c1-12-7-13(2)9-15(8-12)18-11-14-5-6-16(19-3)10-17(14)20-4/h5-6,10,12-13,15,18H,7-9,11H2,1-4H3. The quantitative estimate of drug-likeness (QED) is 0.891. The molecule has 3 nitrogen and oxygen atoms in total. The molecule has 2 unspecified atom stereocenters. The van der Waals surface area contributed by atoms with Crippen LogP contribution in [0.2, 0.25) is 0 Å². The predicted molar refractivity (Wildman–Crippen MR) is 82.4 cm³/mol. The number of benzene rings is 1. The maximum atomic E-state index is 5.45. The number of hydrogen-bond acceptors (Lipinski definition) is 3. The van der Waals surface area contributed by atoms with Gasteiger partial charge in [-0.25, -0.2) is 0 Å². The smallest absolute Gasteiger partial charge is 0.127 e. The van der Waals surface area contributed by atoms with Gasteiger partial charge in [0.05, 0.1) is 14.2 Å². The Hall–Kier alpha value is -1.22. The molecule has 1 N–H and O–H groups in total. The van der Waals surface area contributed by atoms with Crippen LogP contribution in [0.4, 0.5) is 0 Å². The summed E-state index contributed by atoms with van der Waals surface area (Å²) in [5.74, 6) is 3.39. The Labute approximate surface area is 122 Å². The minimum atomic E-state index is 0.626. The largest absolute Gasteiger partial charge is 0.497 e. The lowest BCUT2D eigenvalue weighted by molar-refractivity contribution is 0.237. The minimum Gasteiger partial charge on any atom is -0.497 e. The Morgan fingerprint density at radius 3 is 2.35 bits per heavy atom. The molecule has 1 saturated carbocycles. The van der Waals surface area contributed by atoms with Gasteiger partial charge in [0, 0.05) is 24.2 Å². The summed E-state index contributed by atoms with van der Waals surface area (Å²) >= 11 is 0. The normalized spacial score (nSPS) is 26.3. The molecule has 112 valence electrons. The van der Waals surface area contributed by atoms with Crippen molar-refractivity contribution in [3.05, 3.63) is 23.8 Å². The van der Waals surface area contributed by atoms with Crippen molar-refractivity contribution in [1.29, 1.82) is 0 Å². The van der Waals surface area contributed by atoms with Crippen molar-refractivity contribution < 1.29 is 9.47 Å². The van der Waals surface area contributed by atoms with Gasteiger partial charge in [-0.3, -0.25) is 0 Å². The maximum Gasteiger partial charge on any atom is 0.127 e. The number of hydrogen-bond donors (Lipinski definition) is 1. The monoisotopic (exact) mass is 277 g/mol. The van der Waals surface area contributed by atoms with Gasteiger partial charge in [-0.1, -0.05) is 19.9 Å². The number of nitrogens with one attached hydrogen (secondary N) is 1. The molecule has 20 heavy (non-hydrogen) atoms. The van der Waals surface area contributed by atoms with Crippen LogP contribution < -0.4 is 14.8 Å². The topological polar surface area (TPSA) is 30.5 Å². The van der Waals surface area contributed by atoms with Crippen molar-refractivity contribution in [3.63, 3.8) is 0 Å². The molecule has 0 spiro atoms. The molecule has 0 aliphatic heterocycles. The van der Waals surface area contributed by atoms with Gasteiger partial charge in [-0.2, -0.15) is 0 Å². The summed E-state index contributed by atoms with van der Waals surface area (Å²) in [5.41, 5.74) is 1.19. The molecular formula is C17H27NO2. The maximum absolute atomic E-state index is 5.45. The first-order chi connectivity index (χ1) is 9.62. The van der Waals surface area contributed by atoms with E-state index in [4.69, 9.17) is 9.47 Å². The summed E-state index contributed by atoms with van der Waals surface area (Å²) in [6, 6.07) is 6.65. The van der Waals surface area contributed by atoms with Crippen LogP contribution in [-0.2, 0) is 6.54 Å². The van der Waals surface area contributed by atoms with Gasteiger partial charge < -0.3 is 14.8 Å². The lowest BCUT2D eigenvalue weighted by Crippen LogP contribution is -2.35. The zero-order valence-corrected chi connectivity index (χ0v) is 13.1. The molecule has 1 fully saturated rings. The molecular weight excluding hydrogens is 250 g/mol. The third-order valence-corrected chi connectivity index (χ3v) is 4.25. The second-order valence-corrected chi connectivity index (χ2v) is 6.17. The van der Waals surface area contributed by atoms with E-state index in [1.807, 2.05) is 12.1 Å². The molecule has 0 saturated heterocycles. The molecule has 1 aliphatic rings. The number of ether oxygens (including phenoxy) is 2. The second kappa shape index (κ2) is 6.98. The van der Waals surface area contributed by atoms with Gasteiger partial charge in [0.1, 0.15) is 11.5 Å². The highest BCUT2D eigenvalue weighted by Crippen LogP contribution is 2.29. The SMILES string of the molecule is COc1ccc(CNC2CC(C)CC(C)C2)c(OC)c1. The third-order valence-electron chi connectivity index (χ3n) is 4.25. The Kier molecular flexibility index (Phi) is 5.30. The summed E-state index contributed by atoms with van der Waals surface area (Å²) in [6.45, 7) is 5.58. The molecule has 0 heterocycles. The first-order valence-electron chi connectivity index (χ1n) is 7.56. The fourth-order valence-corrected chi connectivity index (χ4v) is 3.37. The molecule has 0 aromatic heterocycles. The Morgan fingerprint density at radius 1 is 1.05 bits per heavy atom. The molecule has 1 aliphatic carbocycles. The highest BCUT2D eigenvalue weighted by atomic mass is 16.5. The predicted octanol–water partition coefficient (Wildman–Crippen LogP) is 3.62. The molecule has 3 heteroatoms. The average molecular weight is 277 g/mol. The summed E-state index contributed by atoms with van der Waals surface area (Å²) in [7, 11) is 3.39. The molecule has 2 atom stereocenters. The van der Waals surface area contributed by atoms with Gasteiger partial charge in [0.15, 0.2) is 0 Å². The zero-order chi connectivity index (χ0) is 14.5. The number of methoxy groups -OCH3 is 2. The Morgan fingerprint density at radius 2 is 1.75 bits per heavy atom. The third kappa shape index (κ3) is 3.89. The lowest BCUT2D eigenvalue weighted by Gasteiger charge is -2.32. The van der Waals surface area contributed by atoms with E-state index in [9.17, 15) is 0 Å². The number of rotatable bonds is 5. The van der Waals surface area contributed by atoms with Crippen molar-refractivity contribution in [3.8, 4) is 11.5 Å². The van der Waals surface area contributed by atoms with E-state index in [2.05, 4.69) is 25.2 Å². The van der Waals surface area contributed by atoms with Crippen molar-refractivity contribution in [2.45, 2.75) is 45.7 Å². The van der Waals surface area contributed by atoms with E-state index < -0.39 is 0 Å². The van der Waals surface area contributed by atoms with Gasteiger partial charge in [-0.05, 0) is 37.2 Å². The molecule has 0 radical (unpaired) electrons. The highest BCUT2D eigenvalue weighted by molar-refractivity contribution is 5.40. The van der Waals surface area contributed by atoms with Crippen molar-refractivity contribution in [2.75, 3.05) is 14.2 Å². The highest BCUT2D eigenvalue weighted by Gasteiger charge is 2.23. The van der Waals surface area contributed by atoms with Crippen LogP contribution in [0.25, 0.3) is 0 Å². The Balaban J connectivity index is 1.96. The summed E-state index contributed by atoms with van der Waals surface area (Å²) in [6.07, 6.45) is 3.93. The molecule has 0 amide bonds. The summed E-state index contributed by atoms with van der Waals surface area (Å²) in [4.78, 5) is 0. The first kappa shape index (κ1) is 15.2. The fourth-order valence-electron chi connectivity index (χ4n) is 3.37. The molecule has 1 aromatic carbocycles. The van der Waals surface area contributed by atoms with E-state index in [-0.39, 0.29) is 0 Å². The van der Waals surface area contributed by atoms with E-state index in [0.29, 0.717) is 6.04 Å². The van der Waals surface area contributed by atoms with Gasteiger partial charge in [0.2, 0.25) is 0 Å². The lowest BCUT2D eigenvalue weighted by atomic mass is 9.80. The minimum absolute atomic E-state index is 0.626. The van der Waals surface area contributed by atoms with Crippen LogP contribution in [0.15, 0.2) is 18.2 Å². The second-order valence-electron chi connectivity index (χ2n) is 6.17. The van der Waals surface area contributed by atoms with Crippen LogP contribution in [0.3, 0.4) is 0 Å². The van der Waals surface area contributed by atoms with Crippen LogP contribution in [-0.4, -0.2) is 20.3 Å². The van der Waals surface area contributed by atoms with Gasteiger partial charge in [-0.15, -0.1) is 0 Å². The van der Waals surface area contributed by atoms with Crippen LogP contribution in [0.5, 0.6) is 11.5 Å². The van der Waals surface area contributed by atoms with Crippen LogP contribution in [0, 0.1) is 11.8 Å². The Bertz CT molecular complexity index is 423. The average Bonchev–Trinajstić information content (AvgIpc) is 2.44. The van der Waals surface area contributed by atoms with Crippen LogP contribution >= 0.6 is 0 Å². The van der Waals surface area contributed by atoms with Crippen molar-refractivity contribution in [1.82, 2.24) is 5.32 Å².